The van der Waals surface area contributed by atoms with Gasteiger partial charge in [-0.05, 0) is 227 Å². The Bertz CT molecular complexity index is 1880. The highest BCUT2D eigenvalue weighted by molar-refractivity contribution is 5.25. The molecule has 8 rings (SSSR count). The van der Waals surface area contributed by atoms with E-state index in [0.29, 0.717) is 78.8 Å². The second-order valence-corrected chi connectivity index (χ2v) is 38.5. The van der Waals surface area contributed by atoms with E-state index in [2.05, 4.69) is 193 Å². The predicted molar refractivity (Wildman–Crippen MR) is 337 cm³/mol. The van der Waals surface area contributed by atoms with Gasteiger partial charge in [-0.2, -0.15) is 0 Å². The van der Waals surface area contributed by atoms with Crippen molar-refractivity contribution in [2.75, 3.05) is 0 Å². The van der Waals surface area contributed by atoms with Gasteiger partial charge in [0.05, 0.1) is 0 Å². The lowest BCUT2D eigenvalue weighted by molar-refractivity contribution is -0.126. The predicted octanol–water partition coefficient (Wildman–Crippen LogP) is 24.6. The lowest BCUT2D eigenvalue weighted by Gasteiger charge is -2.61. The van der Waals surface area contributed by atoms with Gasteiger partial charge in [-0.25, -0.2) is 8.78 Å². The maximum Gasteiger partial charge on any atom is 0.104 e. The van der Waals surface area contributed by atoms with Crippen molar-refractivity contribution in [3.8, 4) is 0 Å². The van der Waals surface area contributed by atoms with Crippen molar-refractivity contribution < 1.29 is 8.78 Å². The van der Waals surface area contributed by atoms with Crippen LogP contribution in [0.25, 0.3) is 0 Å². The van der Waals surface area contributed by atoms with Gasteiger partial charge in [0.1, 0.15) is 12.3 Å². The van der Waals surface area contributed by atoms with Gasteiger partial charge >= 0.3 is 0 Å². The SMILES string of the molecule is CC(C)(C)C1CC=C2C[C@@H](F)CC[C@]2(C)C1C(C)(C)C.CC(C)(C)C1CCC2CCCC[C@@H]2C1C(C)(C)C.CC(C)(C)C1CCC2CCCC[C@]2(C)C1C(C)(C)C.CC(C)(C)C1CCC2C[C@@H](F)CC[C@]2(C)C1C(C)(C)C. The zero-order valence-corrected chi connectivity index (χ0v) is 57.3. The largest absolute Gasteiger partial charge is 0.247 e. The van der Waals surface area contributed by atoms with Crippen LogP contribution in [0.1, 0.15) is 322 Å². The van der Waals surface area contributed by atoms with Crippen LogP contribution in [0.15, 0.2) is 11.6 Å². The van der Waals surface area contributed by atoms with Crippen molar-refractivity contribution in [1.82, 2.24) is 0 Å². The summed E-state index contributed by atoms with van der Waals surface area (Å²) in [5.41, 5.74) is 5.71. The summed E-state index contributed by atoms with van der Waals surface area (Å²) in [5, 5.41) is 0. The molecule has 0 aromatic heterocycles. The highest BCUT2D eigenvalue weighted by Crippen LogP contribution is 2.66. The molecule has 0 aromatic rings. The molecule has 0 spiro atoms. The minimum Gasteiger partial charge on any atom is -0.247 e. The van der Waals surface area contributed by atoms with Gasteiger partial charge in [0.25, 0.3) is 0 Å². The quantitative estimate of drug-likeness (QED) is 0.212. The summed E-state index contributed by atoms with van der Waals surface area (Å²) in [7, 11) is 0. The Labute approximate surface area is 482 Å². The van der Waals surface area contributed by atoms with E-state index in [-0.39, 0.29) is 10.8 Å². The van der Waals surface area contributed by atoms with Crippen LogP contribution in [0.5, 0.6) is 0 Å². The molecule has 0 N–H and O–H groups in total. The standard InChI is InChI=1S/C19H35F.C19H33F.C19H36.C18H34/c2*1-17(2,3)15-9-8-13-12-14(20)10-11-19(13,7)16(15)18(4,5)6;1-17(2,3)15-12-11-14-10-8-9-13-19(14,7)16(15)18(4,5)6;1-17(2,3)15-12-11-13-9-7-8-10-14(13)16(15)18(4,5)6/h13-16H,8-12H2,1-7H3;8,14-16H,9-12H2,1-7H3;14-16H,8-13H2,1-7H3;13-16H,7-12H2,1-6H3/t13?,14-,15?,16?,19-;14-,15?,16?,19-;14?,15?,16?,19-;13?,14-,15?,16?/m0000/s1. The molecule has 0 heterocycles. The van der Waals surface area contributed by atoms with Crippen LogP contribution < -0.4 is 0 Å². The van der Waals surface area contributed by atoms with Crippen molar-refractivity contribution in [2.45, 2.75) is 334 Å². The second-order valence-electron chi connectivity index (χ2n) is 38.5. The van der Waals surface area contributed by atoms with E-state index < -0.39 is 12.3 Å². The van der Waals surface area contributed by atoms with E-state index in [1.807, 2.05) is 0 Å². The Hall–Kier alpha value is -0.400. The first-order valence-corrected chi connectivity index (χ1v) is 33.7. The smallest absolute Gasteiger partial charge is 0.104 e. The Morgan fingerprint density at radius 3 is 1.30 bits per heavy atom. The Morgan fingerprint density at radius 1 is 0.377 bits per heavy atom. The Morgan fingerprint density at radius 2 is 0.818 bits per heavy atom. The summed E-state index contributed by atoms with van der Waals surface area (Å²) in [4.78, 5) is 0. The van der Waals surface area contributed by atoms with E-state index >= 15 is 0 Å². The monoisotopic (exact) mass is 1080 g/mol. The third-order valence-corrected chi connectivity index (χ3v) is 24.6. The van der Waals surface area contributed by atoms with E-state index in [4.69, 9.17) is 0 Å². The van der Waals surface area contributed by atoms with Gasteiger partial charge in [-0.1, -0.05) is 231 Å². The third kappa shape index (κ3) is 15.5. The zero-order chi connectivity index (χ0) is 58.7. The second kappa shape index (κ2) is 23.9. The van der Waals surface area contributed by atoms with Gasteiger partial charge in [0.15, 0.2) is 0 Å². The van der Waals surface area contributed by atoms with Crippen molar-refractivity contribution >= 4 is 0 Å². The molecule has 0 aromatic carbocycles. The van der Waals surface area contributed by atoms with Crippen LogP contribution in [-0.4, -0.2) is 12.3 Å². The maximum absolute atomic E-state index is 13.9. The fourth-order valence-electron chi connectivity index (χ4n) is 21.9. The maximum atomic E-state index is 13.9. The normalized spacial score (nSPS) is 40.5. The fraction of sp³-hybridized carbons (Fsp3) is 0.973. The van der Waals surface area contributed by atoms with Gasteiger partial charge in [0.2, 0.25) is 0 Å². The van der Waals surface area contributed by atoms with Gasteiger partial charge < -0.3 is 0 Å². The van der Waals surface area contributed by atoms with Gasteiger partial charge in [0, 0.05) is 6.42 Å². The van der Waals surface area contributed by atoms with Crippen molar-refractivity contribution in [3.05, 3.63) is 11.6 Å². The van der Waals surface area contributed by atoms with Crippen LogP contribution in [0, 0.1) is 131 Å². The first-order chi connectivity index (χ1) is 34.7. The summed E-state index contributed by atoms with van der Waals surface area (Å²) in [6, 6.07) is 0. The van der Waals surface area contributed by atoms with E-state index in [1.54, 1.807) is 0 Å². The van der Waals surface area contributed by atoms with Crippen LogP contribution in [0.3, 0.4) is 0 Å². The van der Waals surface area contributed by atoms with E-state index in [1.165, 1.54) is 95.5 Å². The molecule has 2 heteroatoms. The summed E-state index contributed by atoms with van der Waals surface area (Å²) < 4.78 is 27.7. The average Bonchev–Trinajstić information content (AvgIpc) is 3.25. The number of hydrogen-bond acceptors (Lipinski definition) is 0. The first kappa shape index (κ1) is 67.4. The lowest BCUT2D eigenvalue weighted by atomic mass is 9.44. The summed E-state index contributed by atoms with van der Waals surface area (Å²) >= 11 is 0. The molecule has 0 amide bonds. The van der Waals surface area contributed by atoms with E-state index in [9.17, 15) is 8.78 Å². The molecular formula is C75H138F2. The highest BCUT2D eigenvalue weighted by Gasteiger charge is 2.58. The fourth-order valence-corrected chi connectivity index (χ4v) is 21.9. The van der Waals surface area contributed by atoms with Crippen LogP contribution >= 0.6 is 0 Å². The molecule has 17 atom stereocenters. The van der Waals surface area contributed by atoms with Crippen molar-refractivity contribution in [3.63, 3.8) is 0 Å². The first-order valence-electron chi connectivity index (χ1n) is 33.7. The molecule has 11 unspecified atom stereocenters. The molecule has 7 fully saturated rings. The molecule has 0 nitrogen and oxygen atoms in total. The van der Waals surface area contributed by atoms with E-state index in [0.717, 1.165) is 85.9 Å². The molecule has 8 aliphatic rings. The molecule has 0 bridgehead atoms. The molecule has 0 radical (unpaired) electrons. The summed E-state index contributed by atoms with van der Waals surface area (Å²) in [6.07, 6.45) is 28.0. The van der Waals surface area contributed by atoms with Crippen molar-refractivity contribution in [2.24, 2.45) is 131 Å². The van der Waals surface area contributed by atoms with Crippen LogP contribution in [0.4, 0.5) is 8.78 Å². The average molecular weight is 1080 g/mol. The molecule has 77 heavy (non-hydrogen) atoms. The number of halogens is 2. The van der Waals surface area contributed by atoms with Crippen molar-refractivity contribution in [1.29, 1.82) is 0 Å². The zero-order valence-electron chi connectivity index (χ0n) is 57.3. The number of alkyl halides is 2. The Kier molecular flexibility index (Phi) is 20.9. The Balaban J connectivity index is 0.000000189. The number of hydrogen-bond donors (Lipinski definition) is 0. The number of allylic oxidation sites excluding steroid dienone is 2. The summed E-state index contributed by atoms with van der Waals surface area (Å²) in [6.45, 7) is 66.1. The minimum absolute atomic E-state index is 0.205. The third-order valence-electron chi connectivity index (χ3n) is 24.6. The van der Waals surface area contributed by atoms with Gasteiger partial charge in [-0.3, -0.25) is 0 Å². The lowest BCUT2D eigenvalue weighted by Crippen LogP contribution is -2.54. The van der Waals surface area contributed by atoms with Crippen LogP contribution in [0.2, 0.25) is 0 Å². The molecule has 0 aliphatic heterocycles. The molecule has 8 aliphatic carbocycles. The highest BCUT2D eigenvalue weighted by atomic mass is 19.1. The van der Waals surface area contributed by atoms with Gasteiger partial charge in [-0.15, -0.1) is 0 Å². The summed E-state index contributed by atoms with van der Waals surface area (Å²) in [5.74, 6) is 10.1. The number of rotatable bonds is 0. The molecule has 0 saturated heterocycles. The topological polar surface area (TPSA) is 0 Å². The minimum atomic E-state index is -0.610. The van der Waals surface area contributed by atoms with Crippen LogP contribution in [-0.2, 0) is 0 Å². The molecule has 452 valence electrons. The molecular weight excluding hydrogens is 939 g/mol. The molecule has 7 saturated carbocycles. The number of fused-ring (bicyclic) bond motifs is 4.